The van der Waals surface area contributed by atoms with Gasteiger partial charge in [0.2, 0.25) is 0 Å². The fourth-order valence-electron chi connectivity index (χ4n) is 1.72. The third kappa shape index (κ3) is 3.66. The van der Waals surface area contributed by atoms with Gasteiger partial charge in [-0.15, -0.1) is 11.3 Å². The summed E-state index contributed by atoms with van der Waals surface area (Å²) in [4.78, 5) is 13.9. The summed E-state index contributed by atoms with van der Waals surface area (Å²) in [5, 5.41) is 11.9. The van der Waals surface area contributed by atoms with Crippen molar-refractivity contribution in [3.05, 3.63) is 57.3 Å². The first-order valence-electron chi connectivity index (χ1n) is 6.28. The van der Waals surface area contributed by atoms with Gasteiger partial charge < -0.3 is 10.4 Å². The Kier molecular flexibility index (Phi) is 4.71. The van der Waals surface area contributed by atoms with E-state index in [1.807, 2.05) is 36.4 Å². The van der Waals surface area contributed by atoms with Crippen LogP contribution in [0, 0.1) is 0 Å². The third-order valence-electron chi connectivity index (χ3n) is 2.89. The van der Waals surface area contributed by atoms with Crippen LogP contribution in [0.1, 0.15) is 32.6 Å². The van der Waals surface area contributed by atoms with Crippen molar-refractivity contribution in [2.75, 3.05) is 0 Å². The standard InChI is InChI=1S/C15H17NO2S/c1-2-13-7-8-14(19-13)15(18)16-9-11-3-5-12(10-17)6-4-11/h3-8,17H,2,9-10H2,1H3,(H,16,18). The number of amides is 1. The predicted octanol–water partition coefficient (Wildman–Crippen LogP) is 2.73. The fourth-order valence-corrected chi connectivity index (χ4v) is 2.59. The van der Waals surface area contributed by atoms with Crippen LogP contribution in [0.15, 0.2) is 36.4 Å². The molecule has 0 spiro atoms. The fraction of sp³-hybridized carbons (Fsp3) is 0.267. The Bertz CT molecular complexity index is 546. The molecule has 0 bridgehead atoms. The first-order valence-corrected chi connectivity index (χ1v) is 7.10. The first-order chi connectivity index (χ1) is 9.22. The van der Waals surface area contributed by atoms with Crippen molar-refractivity contribution in [2.45, 2.75) is 26.5 Å². The summed E-state index contributed by atoms with van der Waals surface area (Å²) >= 11 is 1.54. The number of thiophene rings is 1. The van der Waals surface area contributed by atoms with Gasteiger partial charge in [0.25, 0.3) is 5.91 Å². The number of hydrogen-bond acceptors (Lipinski definition) is 3. The summed E-state index contributed by atoms with van der Waals surface area (Å²) in [5.41, 5.74) is 1.90. The van der Waals surface area contributed by atoms with Crippen LogP contribution in [0.25, 0.3) is 0 Å². The van der Waals surface area contributed by atoms with Gasteiger partial charge in [0.15, 0.2) is 0 Å². The van der Waals surface area contributed by atoms with E-state index in [2.05, 4.69) is 12.2 Å². The molecule has 4 heteroatoms. The van der Waals surface area contributed by atoms with Gasteiger partial charge in [-0.3, -0.25) is 4.79 Å². The third-order valence-corrected chi connectivity index (χ3v) is 4.12. The normalized spacial score (nSPS) is 10.4. The van der Waals surface area contributed by atoms with Crippen molar-refractivity contribution in [3.8, 4) is 0 Å². The Hall–Kier alpha value is -1.65. The number of rotatable bonds is 5. The van der Waals surface area contributed by atoms with Crippen LogP contribution < -0.4 is 5.32 Å². The molecule has 0 radical (unpaired) electrons. The van der Waals surface area contributed by atoms with Crippen LogP contribution in [0.5, 0.6) is 0 Å². The number of carbonyl (C=O) groups excluding carboxylic acids is 1. The lowest BCUT2D eigenvalue weighted by molar-refractivity contribution is 0.0955. The monoisotopic (exact) mass is 275 g/mol. The van der Waals surface area contributed by atoms with Gasteiger partial charge in [-0.1, -0.05) is 31.2 Å². The largest absolute Gasteiger partial charge is 0.392 e. The van der Waals surface area contributed by atoms with E-state index in [-0.39, 0.29) is 12.5 Å². The van der Waals surface area contributed by atoms with Crippen molar-refractivity contribution >= 4 is 17.2 Å². The van der Waals surface area contributed by atoms with E-state index in [1.54, 1.807) is 0 Å². The number of nitrogens with one attached hydrogen (secondary N) is 1. The molecule has 0 aliphatic carbocycles. The Balaban J connectivity index is 1.92. The lowest BCUT2D eigenvalue weighted by Gasteiger charge is -2.04. The molecule has 1 aromatic carbocycles. The van der Waals surface area contributed by atoms with E-state index in [4.69, 9.17) is 5.11 Å². The van der Waals surface area contributed by atoms with Crippen LogP contribution >= 0.6 is 11.3 Å². The van der Waals surface area contributed by atoms with E-state index in [0.717, 1.165) is 22.4 Å². The van der Waals surface area contributed by atoms with E-state index < -0.39 is 0 Å². The molecule has 2 rings (SSSR count). The molecule has 3 nitrogen and oxygen atoms in total. The Morgan fingerprint density at radius 1 is 1.16 bits per heavy atom. The van der Waals surface area contributed by atoms with Gasteiger partial charge in [0.05, 0.1) is 11.5 Å². The van der Waals surface area contributed by atoms with Crippen molar-refractivity contribution < 1.29 is 9.90 Å². The zero-order valence-corrected chi connectivity index (χ0v) is 11.7. The summed E-state index contributed by atoms with van der Waals surface area (Å²) in [5.74, 6) is -0.0315. The molecule has 1 heterocycles. The maximum atomic E-state index is 11.9. The summed E-state index contributed by atoms with van der Waals surface area (Å²) in [6.45, 7) is 2.63. The lowest BCUT2D eigenvalue weighted by Crippen LogP contribution is -2.21. The Labute approximate surface area is 116 Å². The van der Waals surface area contributed by atoms with E-state index in [9.17, 15) is 4.79 Å². The lowest BCUT2D eigenvalue weighted by atomic mass is 10.1. The van der Waals surface area contributed by atoms with Crippen molar-refractivity contribution in [1.82, 2.24) is 5.32 Å². The maximum Gasteiger partial charge on any atom is 0.261 e. The van der Waals surface area contributed by atoms with E-state index in [0.29, 0.717) is 6.54 Å². The second-order valence-corrected chi connectivity index (χ2v) is 5.45. The average Bonchev–Trinajstić information content (AvgIpc) is 2.94. The van der Waals surface area contributed by atoms with Gasteiger partial charge in [0, 0.05) is 11.4 Å². The smallest absolute Gasteiger partial charge is 0.261 e. The van der Waals surface area contributed by atoms with Crippen LogP contribution in [0.2, 0.25) is 0 Å². The molecule has 0 unspecified atom stereocenters. The van der Waals surface area contributed by atoms with E-state index >= 15 is 0 Å². The number of benzene rings is 1. The Morgan fingerprint density at radius 2 is 1.84 bits per heavy atom. The minimum Gasteiger partial charge on any atom is -0.392 e. The average molecular weight is 275 g/mol. The number of aliphatic hydroxyl groups is 1. The second kappa shape index (κ2) is 6.50. The van der Waals surface area contributed by atoms with E-state index in [1.165, 1.54) is 16.2 Å². The van der Waals surface area contributed by atoms with Gasteiger partial charge in [-0.05, 0) is 29.7 Å². The number of carbonyl (C=O) groups is 1. The maximum absolute atomic E-state index is 11.9. The molecule has 0 saturated carbocycles. The molecule has 0 aliphatic rings. The molecule has 2 N–H and O–H groups in total. The Morgan fingerprint density at radius 3 is 2.42 bits per heavy atom. The summed E-state index contributed by atoms with van der Waals surface area (Å²) in [7, 11) is 0. The van der Waals surface area contributed by atoms with Gasteiger partial charge in [0.1, 0.15) is 0 Å². The number of aryl methyl sites for hydroxylation is 1. The molecule has 2 aromatic rings. The van der Waals surface area contributed by atoms with Crippen LogP contribution in [-0.2, 0) is 19.6 Å². The summed E-state index contributed by atoms with van der Waals surface area (Å²) in [6, 6.07) is 11.4. The molecular formula is C15H17NO2S. The molecular weight excluding hydrogens is 258 g/mol. The highest BCUT2D eigenvalue weighted by atomic mass is 32.1. The zero-order valence-electron chi connectivity index (χ0n) is 10.8. The quantitative estimate of drug-likeness (QED) is 0.881. The number of aliphatic hydroxyl groups excluding tert-OH is 1. The van der Waals surface area contributed by atoms with Crippen molar-refractivity contribution in [2.24, 2.45) is 0 Å². The predicted molar refractivity (Wildman–Crippen MR) is 77.2 cm³/mol. The molecule has 0 aliphatic heterocycles. The van der Waals surface area contributed by atoms with Crippen LogP contribution in [-0.4, -0.2) is 11.0 Å². The highest BCUT2D eigenvalue weighted by Crippen LogP contribution is 2.16. The van der Waals surface area contributed by atoms with Crippen LogP contribution in [0.4, 0.5) is 0 Å². The van der Waals surface area contributed by atoms with Crippen LogP contribution in [0.3, 0.4) is 0 Å². The molecule has 1 aromatic heterocycles. The van der Waals surface area contributed by atoms with Crippen molar-refractivity contribution in [3.63, 3.8) is 0 Å². The van der Waals surface area contributed by atoms with Crippen molar-refractivity contribution in [1.29, 1.82) is 0 Å². The first kappa shape index (κ1) is 13.8. The number of hydrogen-bond donors (Lipinski definition) is 2. The van der Waals surface area contributed by atoms with Gasteiger partial charge in [-0.25, -0.2) is 0 Å². The summed E-state index contributed by atoms with van der Waals surface area (Å²) < 4.78 is 0. The highest BCUT2D eigenvalue weighted by molar-refractivity contribution is 7.14. The zero-order chi connectivity index (χ0) is 13.7. The second-order valence-electron chi connectivity index (χ2n) is 4.28. The molecule has 19 heavy (non-hydrogen) atoms. The minimum absolute atomic E-state index is 0.0315. The molecule has 0 atom stereocenters. The van der Waals surface area contributed by atoms with Gasteiger partial charge in [-0.2, -0.15) is 0 Å². The minimum atomic E-state index is -0.0315. The topological polar surface area (TPSA) is 49.3 Å². The molecule has 0 fully saturated rings. The molecule has 1 amide bonds. The molecule has 100 valence electrons. The SMILES string of the molecule is CCc1ccc(C(=O)NCc2ccc(CO)cc2)s1. The highest BCUT2D eigenvalue weighted by Gasteiger charge is 2.08. The summed E-state index contributed by atoms with van der Waals surface area (Å²) in [6.07, 6.45) is 0.959. The molecule has 0 saturated heterocycles. The van der Waals surface area contributed by atoms with Gasteiger partial charge >= 0.3 is 0 Å².